The molecule has 0 aromatic carbocycles. The first kappa shape index (κ1) is 7.11. The number of hydrogen-bond acceptors (Lipinski definition) is 2. The van der Waals surface area contributed by atoms with Gasteiger partial charge in [0.15, 0.2) is 3.78 Å². The van der Waals surface area contributed by atoms with Crippen molar-refractivity contribution in [3.8, 4) is 0 Å². The van der Waals surface area contributed by atoms with Crippen LogP contribution in [0.25, 0.3) is 0 Å². The Morgan fingerprint density at radius 3 is 1.50 bits per heavy atom. The second kappa shape index (κ2) is 3.16. The Bertz CT molecular complexity index is 140. The third-order valence-corrected chi connectivity index (χ3v) is 3.40. The fourth-order valence-corrected chi connectivity index (χ4v) is 0. The zero-order chi connectivity index (χ0) is 5.15. The lowest BCUT2D eigenvalue weighted by atomic mass is 11.9. The van der Waals surface area contributed by atoms with Gasteiger partial charge in [-0.05, 0) is 30.0 Å². The Labute approximate surface area is 56.9 Å². The maximum absolute atomic E-state index is 5.10. The molecule has 0 aliphatic carbocycles. The topological polar surface area (TPSA) is 0 Å². The Morgan fingerprint density at radius 2 is 1.50 bits per heavy atom. The van der Waals surface area contributed by atoms with Gasteiger partial charge in [0.1, 0.15) is 0 Å². The maximum Gasteiger partial charge on any atom is 0.170 e. The van der Waals surface area contributed by atoms with Crippen LogP contribution >= 0.6 is 23.2 Å². The van der Waals surface area contributed by atoms with Crippen molar-refractivity contribution in [3.05, 3.63) is 0 Å². The first-order valence-corrected chi connectivity index (χ1v) is 4.75. The normalized spacial score (nSPS) is 7.67. The highest BCUT2D eigenvalue weighted by molar-refractivity contribution is 8.46. The number of rotatable bonds is 0. The molecular formula is CCl2S3. The van der Waals surface area contributed by atoms with Crippen LogP contribution in [0.2, 0.25) is 0 Å². The van der Waals surface area contributed by atoms with E-state index in [9.17, 15) is 0 Å². The quantitative estimate of drug-likeness (QED) is 0.403. The molecule has 0 amide bonds. The summed E-state index contributed by atoms with van der Waals surface area (Å²) in [4.78, 5) is 0. The second-order valence-corrected chi connectivity index (χ2v) is 5.37. The maximum atomic E-state index is 5.10. The van der Waals surface area contributed by atoms with Gasteiger partial charge in [0.05, 0.1) is 0 Å². The largest absolute Gasteiger partial charge is 0.170 e. The predicted octanol–water partition coefficient (Wildman–Crippen LogP) is 1.09. The summed E-state index contributed by atoms with van der Waals surface area (Å²) >= 11 is 19.1. The van der Waals surface area contributed by atoms with E-state index in [1.54, 1.807) is 0 Å². The molecule has 0 saturated carbocycles. The minimum Gasteiger partial charge on any atom is -0.0579 e. The van der Waals surface area contributed by atoms with Gasteiger partial charge in [0.25, 0.3) is 0 Å². The van der Waals surface area contributed by atoms with Crippen molar-refractivity contribution in [1.29, 1.82) is 0 Å². The van der Waals surface area contributed by atoms with Crippen LogP contribution in [0, 0.1) is 0 Å². The molecule has 36 valence electrons. The smallest absolute Gasteiger partial charge is 0.0579 e. The van der Waals surface area contributed by atoms with Crippen LogP contribution < -0.4 is 0 Å². The van der Waals surface area contributed by atoms with E-state index in [-0.39, 0.29) is 3.78 Å². The molecule has 0 N–H and O–H groups in total. The fourth-order valence-electron chi connectivity index (χ4n) is 0. The lowest BCUT2D eigenvalue weighted by molar-refractivity contribution is 3.85. The minimum atomic E-state index is -0.753. The van der Waals surface area contributed by atoms with Crippen molar-refractivity contribution in [2.24, 2.45) is 0 Å². The summed E-state index contributed by atoms with van der Waals surface area (Å²) in [6, 6.07) is 0. The molecule has 0 rings (SSSR count). The van der Waals surface area contributed by atoms with Crippen LogP contribution in [0.15, 0.2) is 0 Å². The standard InChI is InChI=1S/CCl2S3/c2-1(3)6(4)5. The fraction of sp³-hybridized carbons (Fsp3) is 0. The zero-order valence-corrected chi connectivity index (χ0v) is 6.44. The Kier molecular flexibility index (Phi) is 3.74. The van der Waals surface area contributed by atoms with Crippen LogP contribution in [-0.4, -0.2) is 3.78 Å². The molecule has 0 aromatic heterocycles. The van der Waals surface area contributed by atoms with Crippen LogP contribution in [-0.2, 0) is 30.0 Å². The second-order valence-electron chi connectivity index (χ2n) is 0.460. The summed E-state index contributed by atoms with van der Waals surface area (Å²) in [5.74, 6) is 0. The van der Waals surface area contributed by atoms with E-state index < -0.39 is 7.60 Å². The summed E-state index contributed by atoms with van der Waals surface area (Å²) in [6.45, 7) is 0. The van der Waals surface area contributed by atoms with Gasteiger partial charge < -0.3 is 0 Å². The third-order valence-electron chi connectivity index (χ3n) is 0.126. The van der Waals surface area contributed by atoms with Crippen LogP contribution in [0.5, 0.6) is 0 Å². The molecular weight excluding hydrogens is 179 g/mol. The summed E-state index contributed by atoms with van der Waals surface area (Å²) in [5, 5.41) is 0. The van der Waals surface area contributed by atoms with Crippen molar-refractivity contribution in [2.45, 2.75) is 0 Å². The summed E-state index contributed by atoms with van der Waals surface area (Å²) in [6.07, 6.45) is 0. The van der Waals surface area contributed by atoms with Crippen molar-refractivity contribution in [1.82, 2.24) is 0 Å². The summed E-state index contributed by atoms with van der Waals surface area (Å²) in [7, 11) is -0.753. The lowest BCUT2D eigenvalue weighted by Gasteiger charge is -1.62. The number of hydrogen-bond donors (Lipinski definition) is 0. The van der Waals surface area contributed by atoms with Gasteiger partial charge in [0.2, 0.25) is 0 Å². The van der Waals surface area contributed by atoms with E-state index in [4.69, 9.17) is 23.2 Å². The molecule has 0 saturated heterocycles. The van der Waals surface area contributed by atoms with Crippen LogP contribution in [0.4, 0.5) is 0 Å². The van der Waals surface area contributed by atoms with E-state index in [1.165, 1.54) is 0 Å². The molecule has 5 heteroatoms. The minimum absolute atomic E-state index is 0.111. The molecule has 0 bridgehead atoms. The van der Waals surface area contributed by atoms with Crippen molar-refractivity contribution < 1.29 is 0 Å². The van der Waals surface area contributed by atoms with E-state index in [0.717, 1.165) is 0 Å². The lowest BCUT2D eigenvalue weighted by Crippen LogP contribution is -1.63. The van der Waals surface area contributed by atoms with Gasteiger partial charge in [-0.25, -0.2) is 0 Å². The SMILES string of the molecule is S=S(=S)=C(Cl)Cl. The van der Waals surface area contributed by atoms with Crippen LogP contribution in [0.3, 0.4) is 0 Å². The third kappa shape index (κ3) is 3.31. The highest BCUT2D eigenvalue weighted by Gasteiger charge is 1.72. The highest BCUT2D eigenvalue weighted by atomic mass is 35.5. The van der Waals surface area contributed by atoms with Gasteiger partial charge in [0, 0.05) is 0 Å². The number of halogens is 2. The van der Waals surface area contributed by atoms with Crippen molar-refractivity contribution in [2.75, 3.05) is 0 Å². The zero-order valence-electron chi connectivity index (χ0n) is 2.48. The molecule has 0 atom stereocenters. The molecule has 0 spiro atoms. The molecule has 6 heavy (non-hydrogen) atoms. The Morgan fingerprint density at radius 1 is 1.33 bits per heavy atom. The van der Waals surface area contributed by atoms with E-state index in [0.29, 0.717) is 0 Å². The average molecular weight is 179 g/mol. The van der Waals surface area contributed by atoms with E-state index >= 15 is 0 Å². The predicted molar refractivity (Wildman–Crippen MR) is 38.8 cm³/mol. The van der Waals surface area contributed by atoms with Crippen molar-refractivity contribution in [3.63, 3.8) is 0 Å². The molecule has 0 aromatic rings. The first-order chi connectivity index (χ1) is 2.64. The molecule has 0 aliphatic rings. The van der Waals surface area contributed by atoms with E-state index in [2.05, 4.69) is 22.4 Å². The Balaban J connectivity index is 4.58. The van der Waals surface area contributed by atoms with E-state index in [1.807, 2.05) is 0 Å². The summed E-state index contributed by atoms with van der Waals surface area (Å²) in [5.41, 5.74) is 0. The van der Waals surface area contributed by atoms with Gasteiger partial charge in [-0.15, -0.1) is 0 Å². The molecule has 0 fully saturated rings. The van der Waals surface area contributed by atoms with Gasteiger partial charge >= 0.3 is 0 Å². The summed E-state index contributed by atoms with van der Waals surface area (Å²) < 4.78 is 0.111. The van der Waals surface area contributed by atoms with Crippen LogP contribution in [0.1, 0.15) is 0 Å². The first-order valence-electron chi connectivity index (χ1n) is 0.915. The van der Waals surface area contributed by atoms with Gasteiger partial charge in [-0.1, -0.05) is 23.2 Å². The highest BCUT2D eigenvalue weighted by Crippen LogP contribution is 1.84. The molecule has 0 nitrogen and oxygen atoms in total. The molecule has 0 unspecified atom stereocenters. The molecule has 0 heterocycles. The average Bonchev–Trinajstić information content (AvgIpc) is 1.36. The molecule has 0 radical (unpaired) electrons. The monoisotopic (exact) mass is 178 g/mol. The Hall–Kier alpha value is 1.11. The molecule has 0 aliphatic heterocycles. The van der Waals surface area contributed by atoms with Gasteiger partial charge in [-0.3, -0.25) is 0 Å². The van der Waals surface area contributed by atoms with Gasteiger partial charge in [-0.2, -0.15) is 0 Å². The van der Waals surface area contributed by atoms with Crippen molar-refractivity contribution >= 4 is 57.0 Å².